The van der Waals surface area contributed by atoms with E-state index in [0.717, 1.165) is 0 Å². The zero-order valence-corrected chi connectivity index (χ0v) is 11.2. The fraction of sp³-hybridized carbons (Fsp3) is 0.467. The van der Waals surface area contributed by atoms with Crippen LogP contribution in [-0.4, -0.2) is 11.1 Å². The summed E-state index contributed by atoms with van der Waals surface area (Å²) in [5.74, 6) is 0. The largest absolute Gasteiger partial charge is 0.343 e. The van der Waals surface area contributed by atoms with Crippen molar-refractivity contribution >= 4 is 10.9 Å². The van der Waals surface area contributed by atoms with Crippen LogP contribution >= 0.6 is 0 Å². The highest BCUT2D eigenvalue weighted by molar-refractivity contribution is 5.81. The Kier molecular flexibility index (Phi) is 3.00. The van der Waals surface area contributed by atoms with Crippen LogP contribution in [0.25, 0.3) is 10.9 Å². The van der Waals surface area contributed by atoms with E-state index in [9.17, 15) is 0 Å². The van der Waals surface area contributed by atoms with Gasteiger partial charge in [0.25, 0.3) is 0 Å². The highest BCUT2D eigenvalue weighted by Crippen LogP contribution is 2.32. The van der Waals surface area contributed by atoms with Gasteiger partial charge in [0.15, 0.2) is 0 Å². The highest BCUT2D eigenvalue weighted by atomic mass is 15.0. The molecule has 0 aliphatic rings. The van der Waals surface area contributed by atoms with Gasteiger partial charge < -0.3 is 10.3 Å². The molecule has 2 rings (SSSR count). The molecule has 0 aliphatic carbocycles. The average molecular weight is 230 g/mol. The van der Waals surface area contributed by atoms with E-state index in [0.29, 0.717) is 12.6 Å². The van der Waals surface area contributed by atoms with Gasteiger partial charge in [-0.15, -0.1) is 0 Å². The van der Waals surface area contributed by atoms with Crippen molar-refractivity contribution in [2.75, 3.05) is 6.54 Å². The Hall–Kier alpha value is -1.28. The first-order valence-corrected chi connectivity index (χ1v) is 6.21. The molecular formula is C15H22N2. The van der Waals surface area contributed by atoms with Gasteiger partial charge in [-0.3, -0.25) is 0 Å². The molecule has 0 saturated carbocycles. The Labute approximate surface area is 103 Å². The third kappa shape index (κ3) is 2.22. The summed E-state index contributed by atoms with van der Waals surface area (Å²) in [5.41, 5.74) is 8.70. The lowest BCUT2D eigenvalue weighted by molar-refractivity contribution is 0.254. The Bertz CT molecular complexity index is 517. The van der Waals surface area contributed by atoms with Gasteiger partial charge in [-0.1, -0.05) is 32.4 Å². The molecule has 2 nitrogen and oxygen atoms in total. The van der Waals surface area contributed by atoms with Gasteiger partial charge in [0.2, 0.25) is 0 Å². The minimum absolute atomic E-state index is 0.172. The molecule has 0 amide bonds. The molecule has 0 saturated heterocycles. The van der Waals surface area contributed by atoms with Gasteiger partial charge in [0.05, 0.1) is 6.04 Å². The van der Waals surface area contributed by atoms with Crippen molar-refractivity contribution in [2.45, 2.75) is 33.7 Å². The van der Waals surface area contributed by atoms with Crippen LogP contribution in [0.2, 0.25) is 0 Å². The van der Waals surface area contributed by atoms with Gasteiger partial charge in [0.1, 0.15) is 0 Å². The van der Waals surface area contributed by atoms with Crippen molar-refractivity contribution in [3.05, 3.63) is 36.0 Å². The molecule has 0 spiro atoms. The second kappa shape index (κ2) is 4.19. The smallest absolute Gasteiger partial charge is 0.0507 e. The molecular weight excluding hydrogens is 208 g/mol. The number of benzene rings is 1. The van der Waals surface area contributed by atoms with Crippen molar-refractivity contribution in [1.29, 1.82) is 0 Å². The van der Waals surface area contributed by atoms with E-state index in [4.69, 9.17) is 5.73 Å². The fourth-order valence-electron chi connectivity index (χ4n) is 2.44. The molecule has 92 valence electrons. The lowest BCUT2D eigenvalue weighted by Gasteiger charge is -2.31. The third-order valence-corrected chi connectivity index (χ3v) is 3.43. The Balaban J connectivity index is 2.55. The van der Waals surface area contributed by atoms with E-state index >= 15 is 0 Å². The van der Waals surface area contributed by atoms with E-state index in [1.807, 2.05) is 0 Å². The Morgan fingerprint density at radius 2 is 1.94 bits per heavy atom. The molecule has 1 aromatic carbocycles. The van der Waals surface area contributed by atoms with Crippen molar-refractivity contribution < 1.29 is 0 Å². The summed E-state index contributed by atoms with van der Waals surface area (Å²) in [4.78, 5) is 0. The molecule has 2 N–H and O–H groups in total. The lowest BCUT2D eigenvalue weighted by atomic mass is 9.86. The maximum atomic E-state index is 5.95. The summed E-state index contributed by atoms with van der Waals surface area (Å²) < 4.78 is 2.31. The average Bonchev–Trinajstić information content (AvgIpc) is 2.60. The molecule has 1 atom stereocenters. The van der Waals surface area contributed by atoms with Crippen LogP contribution in [0.5, 0.6) is 0 Å². The molecule has 0 radical (unpaired) electrons. The van der Waals surface area contributed by atoms with E-state index in [2.05, 4.69) is 62.7 Å². The van der Waals surface area contributed by atoms with Gasteiger partial charge in [0, 0.05) is 18.3 Å². The second-order valence-corrected chi connectivity index (χ2v) is 5.90. The third-order valence-electron chi connectivity index (χ3n) is 3.43. The van der Waals surface area contributed by atoms with Crippen molar-refractivity contribution in [3.63, 3.8) is 0 Å². The molecule has 1 heterocycles. The van der Waals surface area contributed by atoms with Crippen molar-refractivity contribution in [2.24, 2.45) is 11.1 Å². The molecule has 0 fully saturated rings. The Morgan fingerprint density at radius 3 is 2.53 bits per heavy atom. The van der Waals surface area contributed by atoms with Crippen LogP contribution in [0.4, 0.5) is 0 Å². The van der Waals surface area contributed by atoms with Gasteiger partial charge in [-0.25, -0.2) is 0 Å². The monoisotopic (exact) mass is 230 g/mol. The van der Waals surface area contributed by atoms with E-state index in [1.165, 1.54) is 16.5 Å². The first kappa shape index (κ1) is 12.2. The van der Waals surface area contributed by atoms with E-state index < -0.39 is 0 Å². The number of nitrogens with two attached hydrogens (primary N) is 1. The molecule has 2 heteroatoms. The standard InChI is InChI=1S/C15H22N2/c1-11-5-6-13-12(9-11)7-8-17(13)14(10-16)15(2,3)4/h5-9,14H,10,16H2,1-4H3. The molecule has 0 bridgehead atoms. The van der Waals surface area contributed by atoms with Gasteiger partial charge in [-0.05, 0) is 35.9 Å². The quantitative estimate of drug-likeness (QED) is 0.841. The zero-order chi connectivity index (χ0) is 12.6. The van der Waals surface area contributed by atoms with Crippen molar-refractivity contribution in [1.82, 2.24) is 4.57 Å². The number of rotatable bonds is 2. The predicted octanol–water partition coefficient (Wildman–Crippen LogP) is 3.50. The van der Waals surface area contributed by atoms with E-state index in [-0.39, 0.29) is 5.41 Å². The van der Waals surface area contributed by atoms with E-state index in [1.54, 1.807) is 0 Å². The summed E-state index contributed by atoms with van der Waals surface area (Å²) in [6.45, 7) is 9.52. The second-order valence-electron chi connectivity index (χ2n) is 5.90. The first-order valence-electron chi connectivity index (χ1n) is 6.21. The summed E-state index contributed by atoms with van der Waals surface area (Å²) in [7, 11) is 0. The number of hydrogen-bond acceptors (Lipinski definition) is 1. The molecule has 1 unspecified atom stereocenters. The maximum absolute atomic E-state index is 5.95. The number of fused-ring (bicyclic) bond motifs is 1. The number of nitrogens with zero attached hydrogens (tertiary/aromatic N) is 1. The molecule has 1 aromatic heterocycles. The fourth-order valence-corrected chi connectivity index (χ4v) is 2.44. The summed E-state index contributed by atoms with van der Waals surface area (Å²) in [5, 5.41) is 1.30. The molecule has 0 aliphatic heterocycles. The summed E-state index contributed by atoms with van der Waals surface area (Å²) in [6.07, 6.45) is 2.16. The maximum Gasteiger partial charge on any atom is 0.0507 e. The zero-order valence-electron chi connectivity index (χ0n) is 11.2. The van der Waals surface area contributed by atoms with Crippen LogP contribution in [0.1, 0.15) is 32.4 Å². The summed E-state index contributed by atoms with van der Waals surface area (Å²) in [6, 6.07) is 9.09. The van der Waals surface area contributed by atoms with Gasteiger partial charge in [-0.2, -0.15) is 0 Å². The number of hydrogen-bond donors (Lipinski definition) is 1. The number of aryl methyl sites for hydroxylation is 1. The molecule has 17 heavy (non-hydrogen) atoms. The van der Waals surface area contributed by atoms with Crippen LogP contribution < -0.4 is 5.73 Å². The highest BCUT2D eigenvalue weighted by Gasteiger charge is 2.25. The molecule has 2 aromatic rings. The first-order chi connectivity index (χ1) is 7.93. The van der Waals surface area contributed by atoms with Gasteiger partial charge >= 0.3 is 0 Å². The Morgan fingerprint density at radius 1 is 1.24 bits per heavy atom. The predicted molar refractivity (Wildman–Crippen MR) is 74.2 cm³/mol. The van der Waals surface area contributed by atoms with Crippen LogP contribution in [0, 0.1) is 12.3 Å². The SMILES string of the molecule is Cc1ccc2c(ccn2C(CN)C(C)(C)C)c1. The summed E-state index contributed by atoms with van der Waals surface area (Å²) >= 11 is 0. The van der Waals surface area contributed by atoms with Crippen LogP contribution in [0.3, 0.4) is 0 Å². The normalized spacial score (nSPS) is 14.2. The topological polar surface area (TPSA) is 30.9 Å². The minimum atomic E-state index is 0.172. The van der Waals surface area contributed by atoms with Crippen molar-refractivity contribution in [3.8, 4) is 0 Å². The minimum Gasteiger partial charge on any atom is -0.343 e. The van der Waals surface area contributed by atoms with Crippen LogP contribution in [0.15, 0.2) is 30.5 Å². The lowest BCUT2D eigenvalue weighted by Crippen LogP contribution is -2.30. The van der Waals surface area contributed by atoms with Crippen LogP contribution in [-0.2, 0) is 0 Å². The number of aromatic nitrogens is 1.